The van der Waals surface area contributed by atoms with E-state index in [2.05, 4.69) is 15.1 Å². The molecule has 0 N–H and O–H groups in total. The second kappa shape index (κ2) is 5.61. The summed E-state index contributed by atoms with van der Waals surface area (Å²) >= 11 is 0. The zero-order valence-corrected chi connectivity index (χ0v) is 13.2. The molecule has 0 amide bonds. The quantitative estimate of drug-likeness (QED) is 0.723. The molecular weight excluding hydrogens is 290 g/mol. The van der Waals surface area contributed by atoms with E-state index in [9.17, 15) is 10.1 Å². The first-order valence-corrected chi connectivity index (χ1v) is 7.22. The van der Waals surface area contributed by atoms with Crippen molar-refractivity contribution in [1.82, 2.24) is 19.7 Å². The maximum absolute atomic E-state index is 12.4. The van der Waals surface area contributed by atoms with Gasteiger partial charge in [0.2, 0.25) is 0 Å². The first kappa shape index (κ1) is 14.9. The molecule has 114 valence electrons. The first-order chi connectivity index (χ1) is 11.0. The molecule has 23 heavy (non-hydrogen) atoms. The highest BCUT2D eigenvalue weighted by Crippen LogP contribution is 2.13. The Bertz CT molecular complexity index is 1010. The molecular formula is C17H15N5O. The summed E-state index contributed by atoms with van der Waals surface area (Å²) in [4.78, 5) is 21.5. The average molecular weight is 305 g/mol. The summed E-state index contributed by atoms with van der Waals surface area (Å²) < 4.78 is 1.28. The van der Waals surface area contributed by atoms with E-state index in [1.807, 2.05) is 37.3 Å². The zero-order chi connectivity index (χ0) is 16.6. The fourth-order valence-corrected chi connectivity index (χ4v) is 2.43. The van der Waals surface area contributed by atoms with Gasteiger partial charge in [-0.2, -0.15) is 10.4 Å². The van der Waals surface area contributed by atoms with E-state index >= 15 is 0 Å². The maximum Gasteiger partial charge on any atom is 0.285 e. The van der Waals surface area contributed by atoms with Crippen molar-refractivity contribution in [2.24, 2.45) is 0 Å². The smallest absolute Gasteiger partial charge is 0.266 e. The van der Waals surface area contributed by atoms with Crippen LogP contribution in [0.5, 0.6) is 0 Å². The van der Waals surface area contributed by atoms with Crippen LogP contribution in [0.3, 0.4) is 0 Å². The third kappa shape index (κ3) is 2.57. The Morgan fingerprint density at radius 2 is 1.74 bits per heavy atom. The normalized spacial score (nSPS) is 10.7. The zero-order valence-electron chi connectivity index (χ0n) is 13.2. The molecule has 2 heterocycles. The van der Waals surface area contributed by atoms with E-state index in [0.717, 1.165) is 16.7 Å². The number of hydrogen-bond acceptors (Lipinski definition) is 5. The number of aryl methyl sites for hydroxylation is 2. The lowest BCUT2D eigenvalue weighted by Gasteiger charge is -2.10. The van der Waals surface area contributed by atoms with E-state index in [1.54, 1.807) is 13.8 Å². The molecule has 6 nitrogen and oxygen atoms in total. The Hall–Kier alpha value is -3.07. The molecule has 3 aromatic rings. The van der Waals surface area contributed by atoms with Crippen LogP contribution in [0.2, 0.25) is 0 Å². The predicted octanol–water partition coefficient (Wildman–Crippen LogP) is 2.03. The number of nitrogens with zero attached hydrogens (tertiary/aromatic N) is 5. The summed E-state index contributed by atoms with van der Waals surface area (Å²) in [5.74, 6) is 0. The van der Waals surface area contributed by atoms with Gasteiger partial charge in [-0.3, -0.25) is 4.79 Å². The van der Waals surface area contributed by atoms with Crippen LogP contribution in [-0.4, -0.2) is 19.7 Å². The van der Waals surface area contributed by atoms with Crippen molar-refractivity contribution in [3.63, 3.8) is 0 Å². The molecule has 0 aliphatic heterocycles. The van der Waals surface area contributed by atoms with Crippen LogP contribution in [0.15, 0.2) is 29.1 Å². The van der Waals surface area contributed by atoms with Gasteiger partial charge < -0.3 is 0 Å². The van der Waals surface area contributed by atoms with Crippen molar-refractivity contribution in [1.29, 1.82) is 5.26 Å². The first-order valence-electron chi connectivity index (χ1n) is 7.22. The number of aromatic nitrogens is 4. The Morgan fingerprint density at radius 3 is 2.39 bits per heavy atom. The summed E-state index contributed by atoms with van der Waals surface area (Å²) in [6, 6.07) is 9.54. The van der Waals surface area contributed by atoms with E-state index in [1.165, 1.54) is 4.68 Å². The van der Waals surface area contributed by atoms with E-state index in [0.29, 0.717) is 17.0 Å². The highest BCUT2D eigenvalue weighted by Gasteiger charge is 2.13. The molecule has 0 bridgehead atoms. The van der Waals surface area contributed by atoms with Crippen molar-refractivity contribution in [3.05, 3.63) is 62.8 Å². The summed E-state index contributed by atoms with van der Waals surface area (Å²) in [5, 5.41) is 13.5. The molecule has 1 aromatic carbocycles. The minimum atomic E-state index is -0.398. The largest absolute Gasteiger partial charge is 0.285 e. The molecule has 3 rings (SSSR count). The van der Waals surface area contributed by atoms with Gasteiger partial charge in [-0.05, 0) is 38.5 Å². The highest BCUT2D eigenvalue weighted by molar-refractivity contribution is 5.74. The monoisotopic (exact) mass is 305 g/mol. The van der Waals surface area contributed by atoms with E-state index < -0.39 is 5.56 Å². The Morgan fingerprint density at radius 1 is 1.09 bits per heavy atom. The van der Waals surface area contributed by atoms with Crippen LogP contribution in [0.4, 0.5) is 0 Å². The van der Waals surface area contributed by atoms with Crippen LogP contribution in [0.1, 0.15) is 28.2 Å². The van der Waals surface area contributed by atoms with Gasteiger partial charge in [-0.1, -0.05) is 12.1 Å². The van der Waals surface area contributed by atoms with Crippen molar-refractivity contribution < 1.29 is 0 Å². The van der Waals surface area contributed by atoms with Crippen LogP contribution in [0, 0.1) is 32.1 Å². The van der Waals surface area contributed by atoms with Crippen LogP contribution >= 0.6 is 0 Å². The Labute approximate surface area is 133 Å². The molecule has 6 heteroatoms. The van der Waals surface area contributed by atoms with Crippen LogP contribution in [-0.2, 0) is 6.54 Å². The second-order valence-electron chi connectivity index (χ2n) is 5.40. The minimum Gasteiger partial charge on any atom is -0.266 e. The van der Waals surface area contributed by atoms with Crippen LogP contribution in [0.25, 0.3) is 11.0 Å². The number of hydrogen-bond donors (Lipinski definition) is 0. The van der Waals surface area contributed by atoms with Gasteiger partial charge in [-0.15, -0.1) is 0 Å². The number of benzene rings is 1. The average Bonchev–Trinajstić information content (AvgIpc) is 2.54. The number of para-hydroxylation sites is 2. The standard InChI is InChI=1S/C17H15N5O/c1-10-11(2)21-22(17(23)13(10)8-18)9-16-12(3)19-14-6-4-5-7-15(14)20-16/h4-7H,9H2,1-3H3. The maximum atomic E-state index is 12.4. The lowest BCUT2D eigenvalue weighted by atomic mass is 10.1. The molecule has 0 aliphatic carbocycles. The van der Waals surface area contributed by atoms with Crippen molar-refractivity contribution >= 4 is 11.0 Å². The molecule has 0 spiro atoms. The van der Waals surface area contributed by atoms with Gasteiger partial charge in [-0.25, -0.2) is 14.6 Å². The van der Waals surface area contributed by atoms with Gasteiger partial charge in [0.05, 0.1) is 34.7 Å². The molecule has 0 atom stereocenters. The van der Waals surface area contributed by atoms with Crippen LogP contribution < -0.4 is 5.56 Å². The molecule has 0 fully saturated rings. The molecule has 0 unspecified atom stereocenters. The Balaban J connectivity index is 2.13. The molecule has 0 saturated heterocycles. The molecule has 0 saturated carbocycles. The lowest BCUT2D eigenvalue weighted by molar-refractivity contribution is 0.609. The summed E-state index contributed by atoms with van der Waals surface area (Å²) in [5.41, 5.74) is 4.01. The molecule has 2 aromatic heterocycles. The molecule has 0 radical (unpaired) electrons. The summed E-state index contributed by atoms with van der Waals surface area (Å²) in [6.45, 7) is 5.56. The van der Waals surface area contributed by atoms with Gasteiger partial charge in [0, 0.05) is 0 Å². The van der Waals surface area contributed by atoms with E-state index in [-0.39, 0.29) is 12.1 Å². The van der Waals surface area contributed by atoms with Gasteiger partial charge in [0.1, 0.15) is 11.6 Å². The summed E-state index contributed by atoms with van der Waals surface area (Å²) in [7, 11) is 0. The SMILES string of the molecule is Cc1nc2ccccc2nc1Cn1nc(C)c(C)c(C#N)c1=O. The van der Waals surface area contributed by atoms with Crippen molar-refractivity contribution in [2.75, 3.05) is 0 Å². The number of nitriles is 1. The van der Waals surface area contributed by atoms with Gasteiger partial charge >= 0.3 is 0 Å². The molecule has 0 aliphatic rings. The summed E-state index contributed by atoms with van der Waals surface area (Å²) in [6.07, 6.45) is 0. The lowest BCUT2D eigenvalue weighted by Crippen LogP contribution is -2.28. The third-order valence-electron chi connectivity index (χ3n) is 3.89. The highest BCUT2D eigenvalue weighted by atomic mass is 16.1. The fraction of sp³-hybridized carbons (Fsp3) is 0.235. The Kier molecular flexibility index (Phi) is 3.62. The van der Waals surface area contributed by atoms with Crippen molar-refractivity contribution in [2.45, 2.75) is 27.3 Å². The van der Waals surface area contributed by atoms with Crippen molar-refractivity contribution in [3.8, 4) is 6.07 Å². The second-order valence-corrected chi connectivity index (χ2v) is 5.40. The van der Waals surface area contributed by atoms with E-state index in [4.69, 9.17) is 0 Å². The van der Waals surface area contributed by atoms with Gasteiger partial charge in [0.25, 0.3) is 5.56 Å². The topological polar surface area (TPSA) is 84.5 Å². The third-order valence-corrected chi connectivity index (χ3v) is 3.89. The van der Waals surface area contributed by atoms with Gasteiger partial charge in [0.15, 0.2) is 0 Å². The predicted molar refractivity (Wildman–Crippen MR) is 86.1 cm³/mol. The minimum absolute atomic E-state index is 0.129. The number of rotatable bonds is 2. The fourth-order valence-electron chi connectivity index (χ4n) is 2.43. The number of fused-ring (bicyclic) bond motifs is 1.